The molecule has 1 atom stereocenters. The average molecular weight is 482 g/mol. The minimum Gasteiger partial charge on any atom is -0.457 e. The number of hydrogen-bond donors (Lipinski definition) is 3. The minimum absolute atomic E-state index is 0.0358. The first kappa shape index (κ1) is 25.2. The summed E-state index contributed by atoms with van der Waals surface area (Å²) in [5.41, 5.74) is -4.97. The van der Waals surface area contributed by atoms with E-state index in [1.165, 1.54) is 45.0 Å². The van der Waals surface area contributed by atoms with Gasteiger partial charge in [0, 0.05) is 30.3 Å². The van der Waals surface area contributed by atoms with Crippen molar-refractivity contribution >= 4 is 29.2 Å². The molecule has 2 amide bonds. The summed E-state index contributed by atoms with van der Waals surface area (Å²) in [6.45, 7) is 3.65. The van der Waals surface area contributed by atoms with Gasteiger partial charge in [-0.1, -0.05) is 13.8 Å². The fourth-order valence-electron chi connectivity index (χ4n) is 3.86. The predicted molar refractivity (Wildman–Crippen MR) is 114 cm³/mol. The Morgan fingerprint density at radius 3 is 2.38 bits per heavy atom. The topological polar surface area (TPSA) is 105 Å². The molecule has 182 valence electrons. The van der Waals surface area contributed by atoms with Gasteiger partial charge >= 0.3 is 12.1 Å². The normalized spacial score (nSPS) is 15.2. The number of cyclic esters (lactones) is 1. The molecule has 1 unspecified atom stereocenters. The molecular formula is C23H22F4N2O5. The van der Waals surface area contributed by atoms with Gasteiger partial charge in [-0.05, 0) is 47.4 Å². The number of rotatable bonds is 6. The van der Waals surface area contributed by atoms with Crippen molar-refractivity contribution < 1.29 is 41.8 Å². The van der Waals surface area contributed by atoms with Gasteiger partial charge in [-0.25, -0.2) is 9.18 Å². The van der Waals surface area contributed by atoms with Crippen molar-refractivity contribution in [3.05, 3.63) is 58.9 Å². The van der Waals surface area contributed by atoms with Crippen molar-refractivity contribution in [2.75, 3.05) is 10.6 Å². The quantitative estimate of drug-likeness (QED) is 0.426. The van der Waals surface area contributed by atoms with E-state index in [0.29, 0.717) is 5.56 Å². The number of hydrogen-bond acceptors (Lipinski definition) is 5. The number of carbonyl (C=O) groups excluding carboxylic acids is 3. The van der Waals surface area contributed by atoms with Gasteiger partial charge in [0.1, 0.15) is 12.4 Å². The summed E-state index contributed by atoms with van der Waals surface area (Å²) in [4.78, 5) is 35.8. The molecule has 3 N–H and O–H groups in total. The fourth-order valence-corrected chi connectivity index (χ4v) is 3.86. The molecule has 0 saturated carbocycles. The molecule has 0 spiro atoms. The van der Waals surface area contributed by atoms with Gasteiger partial charge in [0.15, 0.2) is 0 Å². The van der Waals surface area contributed by atoms with Crippen LogP contribution in [0.15, 0.2) is 36.4 Å². The molecule has 2 aromatic rings. The molecule has 2 aromatic carbocycles. The number of nitrogens with one attached hydrogen (secondary N) is 2. The molecule has 0 saturated heterocycles. The highest BCUT2D eigenvalue weighted by Gasteiger charge is 2.61. The van der Waals surface area contributed by atoms with Crippen LogP contribution in [0.1, 0.15) is 48.7 Å². The van der Waals surface area contributed by atoms with Crippen LogP contribution in [0.25, 0.3) is 0 Å². The number of halogens is 4. The molecule has 7 nitrogen and oxygen atoms in total. The molecule has 11 heteroatoms. The molecule has 0 aromatic heterocycles. The second-order valence-corrected chi connectivity index (χ2v) is 8.69. The van der Waals surface area contributed by atoms with E-state index in [4.69, 9.17) is 4.74 Å². The van der Waals surface area contributed by atoms with Crippen LogP contribution in [-0.2, 0) is 26.3 Å². The lowest BCUT2D eigenvalue weighted by molar-refractivity contribution is -0.254. The number of ether oxygens (including phenoxy) is 1. The second-order valence-electron chi connectivity index (χ2n) is 8.69. The molecule has 3 rings (SSSR count). The van der Waals surface area contributed by atoms with Gasteiger partial charge in [0.25, 0.3) is 5.91 Å². The van der Waals surface area contributed by atoms with Gasteiger partial charge < -0.3 is 20.5 Å². The summed E-state index contributed by atoms with van der Waals surface area (Å²) in [5.74, 6) is -3.65. The molecule has 1 aliphatic rings. The number of aliphatic hydroxyl groups is 1. The van der Waals surface area contributed by atoms with E-state index in [9.17, 15) is 37.1 Å². The first-order valence-electron chi connectivity index (χ1n) is 10.1. The first-order valence-corrected chi connectivity index (χ1v) is 10.1. The highest BCUT2D eigenvalue weighted by atomic mass is 19.4. The van der Waals surface area contributed by atoms with E-state index in [-0.39, 0.29) is 29.1 Å². The summed E-state index contributed by atoms with van der Waals surface area (Å²) >= 11 is 0. The van der Waals surface area contributed by atoms with Crippen LogP contribution < -0.4 is 10.6 Å². The number of fused-ring (bicyclic) bond motifs is 1. The Hall–Kier alpha value is -3.47. The SMILES string of the molecule is CC(=O)Nc1ccc(F)cc1C(C)(C)CC(O)(C(=O)Nc1ccc2c(c1)COC2=O)C(F)(F)F. The Kier molecular flexibility index (Phi) is 6.45. The molecule has 0 fully saturated rings. The van der Waals surface area contributed by atoms with E-state index in [0.717, 1.165) is 12.1 Å². The number of carbonyl (C=O) groups is 3. The monoisotopic (exact) mass is 482 g/mol. The molecule has 1 heterocycles. The Balaban J connectivity index is 1.95. The Morgan fingerprint density at radius 1 is 1.09 bits per heavy atom. The molecule has 0 radical (unpaired) electrons. The number of amides is 2. The maximum Gasteiger partial charge on any atom is 0.426 e. The molecule has 34 heavy (non-hydrogen) atoms. The van der Waals surface area contributed by atoms with E-state index in [1.807, 2.05) is 5.32 Å². The minimum atomic E-state index is -5.40. The summed E-state index contributed by atoms with van der Waals surface area (Å²) in [6.07, 6.45) is -6.58. The maximum absolute atomic E-state index is 14.0. The van der Waals surface area contributed by atoms with Crippen molar-refractivity contribution in [2.45, 2.75) is 51.0 Å². The lowest BCUT2D eigenvalue weighted by atomic mass is 9.73. The molecule has 0 bridgehead atoms. The van der Waals surface area contributed by atoms with E-state index < -0.39 is 47.2 Å². The van der Waals surface area contributed by atoms with Crippen LogP contribution in [-0.4, -0.2) is 34.7 Å². The van der Waals surface area contributed by atoms with Crippen LogP contribution in [0.2, 0.25) is 0 Å². The van der Waals surface area contributed by atoms with E-state index in [1.54, 1.807) is 0 Å². The highest BCUT2D eigenvalue weighted by molar-refractivity contribution is 5.99. The van der Waals surface area contributed by atoms with Crippen molar-refractivity contribution in [3.8, 4) is 0 Å². The van der Waals surface area contributed by atoms with Gasteiger partial charge in [0.05, 0.1) is 5.56 Å². The van der Waals surface area contributed by atoms with Gasteiger partial charge in [0.2, 0.25) is 11.5 Å². The van der Waals surface area contributed by atoms with E-state index >= 15 is 0 Å². The van der Waals surface area contributed by atoms with Crippen molar-refractivity contribution in [1.29, 1.82) is 0 Å². The Bertz CT molecular complexity index is 1160. The van der Waals surface area contributed by atoms with Gasteiger partial charge in [-0.15, -0.1) is 0 Å². The number of esters is 1. The lowest BCUT2D eigenvalue weighted by Gasteiger charge is -2.37. The average Bonchev–Trinajstić information content (AvgIpc) is 3.08. The van der Waals surface area contributed by atoms with Gasteiger partial charge in [-0.2, -0.15) is 13.2 Å². The summed E-state index contributed by atoms with van der Waals surface area (Å²) in [5, 5.41) is 15.1. The summed E-state index contributed by atoms with van der Waals surface area (Å²) in [6, 6.07) is 6.94. The Morgan fingerprint density at radius 2 is 1.76 bits per heavy atom. The Labute approximate surface area is 192 Å². The maximum atomic E-state index is 14.0. The zero-order chi connectivity index (χ0) is 25.5. The first-order chi connectivity index (χ1) is 15.6. The molecular weight excluding hydrogens is 460 g/mol. The van der Waals surface area contributed by atoms with Crippen molar-refractivity contribution in [1.82, 2.24) is 0 Å². The van der Waals surface area contributed by atoms with Crippen molar-refractivity contribution in [3.63, 3.8) is 0 Å². The van der Waals surface area contributed by atoms with Crippen LogP contribution in [0, 0.1) is 5.82 Å². The number of alkyl halides is 3. The smallest absolute Gasteiger partial charge is 0.426 e. The van der Waals surface area contributed by atoms with Crippen molar-refractivity contribution in [2.24, 2.45) is 0 Å². The third-order valence-electron chi connectivity index (χ3n) is 5.51. The third-order valence-corrected chi connectivity index (χ3v) is 5.51. The van der Waals surface area contributed by atoms with E-state index in [2.05, 4.69) is 5.32 Å². The largest absolute Gasteiger partial charge is 0.457 e. The zero-order valence-electron chi connectivity index (χ0n) is 18.5. The van der Waals surface area contributed by atoms with Gasteiger partial charge in [-0.3, -0.25) is 9.59 Å². The lowest BCUT2D eigenvalue weighted by Crippen LogP contribution is -2.57. The fraction of sp³-hybridized carbons (Fsp3) is 0.348. The highest BCUT2D eigenvalue weighted by Crippen LogP contribution is 2.44. The number of anilines is 2. The van der Waals surface area contributed by atoms with Crippen LogP contribution in [0.4, 0.5) is 28.9 Å². The van der Waals surface area contributed by atoms with Crippen LogP contribution in [0.5, 0.6) is 0 Å². The number of benzene rings is 2. The summed E-state index contributed by atoms with van der Waals surface area (Å²) in [7, 11) is 0. The zero-order valence-corrected chi connectivity index (χ0v) is 18.5. The predicted octanol–water partition coefficient (Wildman–Crippen LogP) is 4.05. The third kappa shape index (κ3) is 4.89. The summed E-state index contributed by atoms with van der Waals surface area (Å²) < 4.78 is 60.9. The molecule has 0 aliphatic carbocycles. The molecule has 1 aliphatic heterocycles. The second kappa shape index (κ2) is 8.71. The standard InChI is InChI=1S/C23H22F4N2O5/c1-12(30)28-18-7-4-14(24)9-17(18)21(2,3)11-22(33,23(25,26)27)20(32)29-15-5-6-16-13(8-15)10-34-19(16)31/h4-9,33H,10-11H2,1-3H3,(H,28,30)(H,29,32). The van der Waals surface area contributed by atoms with Crippen LogP contribution in [0.3, 0.4) is 0 Å². The van der Waals surface area contributed by atoms with Crippen LogP contribution >= 0.6 is 0 Å².